The second kappa shape index (κ2) is 9.11. The summed E-state index contributed by atoms with van der Waals surface area (Å²) in [4.78, 5) is 16.5. The Kier molecular flexibility index (Phi) is 6.93. The molecule has 2 fully saturated rings. The van der Waals surface area contributed by atoms with Crippen molar-refractivity contribution < 1.29 is 31.1 Å². The number of anilines is 1. The van der Waals surface area contributed by atoms with Crippen molar-refractivity contribution in [3.05, 3.63) is 29.3 Å². The zero-order valence-electron chi connectivity index (χ0n) is 16.7. The molecule has 30 heavy (non-hydrogen) atoms. The van der Waals surface area contributed by atoms with E-state index < -0.39 is 33.4 Å². The smallest absolute Gasteiger partial charge is 0.377 e. The van der Waals surface area contributed by atoms with Gasteiger partial charge in [-0.3, -0.25) is 14.4 Å². The van der Waals surface area contributed by atoms with Crippen molar-refractivity contribution in [2.45, 2.75) is 32.0 Å². The molecule has 1 aromatic carbocycles. The second-order valence-electron chi connectivity index (χ2n) is 7.49. The van der Waals surface area contributed by atoms with E-state index >= 15 is 0 Å². The number of hydrogen-bond donors (Lipinski definition) is 1. The number of halogens is 3. The van der Waals surface area contributed by atoms with Gasteiger partial charge in [-0.2, -0.15) is 13.2 Å². The number of ether oxygens (including phenoxy) is 1. The summed E-state index contributed by atoms with van der Waals surface area (Å²) in [5.74, 6) is -0.858. The molecule has 168 valence electrons. The monoisotopic (exact) mass is 449 g/mol. The molecule has 0 saturated carbocycles. The van der Waals surface area contributed by atoms with Gasteiger partial charge in [0.1, 0.15) is 0 Å². The normalized spacial score (nSPS) is 21.1. The fourth-order valence-electron chi connectivity index (χ4n) is 3.63. The highest BCUT2D eigenvalue weighted by Crippen LogP contribution is 2.36. The number of nitrogens with one attached hydrogen (secondary N) is 1. The summed E-state index contributed by atoms with van der Waals surface area (Å²) in [5, 5.41) is 0. The molecule has 1 unspecified atom stereocenters. The van der Waals surface area contributed by atoms with Crippen LogP contribution in [-0.4, -0.2) is 75.3 Å². The summed E-state index contributed by atoms with van der Waals surface area (Å²) in [7, 11) is -3.89. The molecule has 3 rings (SSSR count). The van der Waals surface area contributed by atoms with E-state index in [-0.39, 0.29) is 17.4 Å². The van der Waals surface area contributed by atoms with Gasteiger partial charge in [-0.1, -0.05) is 0 Å². The highest BCUT2D eigenvalue weighted by molar-refractivity contribution is 7.92. The molecule has 1 aromatic rings. The third-order valence-corrected chi connectivity index (χ3v) is 6.65. The van der Waals surface area contributed by atoms with Crippen molar-refractivity contribution in [3.63, 3.8) is 0 Å². The molecule has 0 radical (unpaired) electrons. The van der Waals surface area contributed by atoms with Crippen LogP contribution in [0.5, 0.6) is 0 Å². The van der Waals surface area contributed by atoms with Gasteiger partial charge in [0.2, 0.25) is 10.0 Å². The van der Waals surface area contributed by atoms with E-state index in [0.29, 0.717) is 32.2 Å². The van der Waals surface area contributed by atoms with Crippen LogP contribution in [0.2, 0.25) is 0 Å². The predicted octanol–water partition coefficient (Wildman–Crippen LogP) is 2.40. The van der Waals surface area contributed by atoms with Crippen LogP contribution in [0.15, 0.2) is 18.2 Å². The Hall–Kier alpha value is -1.85. The average molecular weight is 449 g/mol. The lowest BCUT2D eigenvalue weighted by molar-refractivity contribution is -0.136. The fraction of sp³-hybridized carbons (Fsp3) is 0.632. The van der Waals surface area contributed by atoms with Gasteiger partial charge in [-0.05, 0) is 38.0 Å². The molecule has 1 amide bonds. The molecule has 1 N–H and O–H groups in total. The molecule has 11 heteroatoms. The third kappa shape index (κ3) is 5.64. The first-order valence-electron chi connectivity index (χ1n) is 9.94. The number of sulfonamides is 1. The summed E-state index contributed by atoms with van der Waals surface area (Å²) in [5.41, 5.74) is -1.88. The number of piperazine rings is 1. The van der Waals surface area contributed by atoms with Gasteiger partial charge in [-0.15, -0.1) is 0 Å². The molecule has 2 saturated heterocycles. The molecule has 2 heterocycles. The maximum absolute atomic E-state index is 13.5. The Morgan fingerprint density at radius 1 is 1.23 bits per heavy atom. The largest absolute Gasteiger partial charge is 0.418 e. The van der Waals surface area contributed by atoms with Gasteiger partial charge >= 0.3 is 6.18 Å². The number of carbonyl (C=O) groups excluding carboxylic acids is 1. The van der Waals surface area contributed by atoms with E-state index in [0.717, 1.165) is 32.1 Å². The number of nitrogens with zero attached hydrogens (tertiary/aromatic N) is 2. The van der Waals surface area contributed by atoms with Gasteiger partial charge < -0.3 is 9.64 Å². The maximum Gasteiger partial charge on any atom is 0.418 e. The Bertz CT molecular complexity index is 862. The van der Waals surface area contributed by atoms with Crippen LogP contribution in [0.25, 0.3) is 0 Å². The van der Waals surface area contributed by atoms with E-state index in [4.69, 9.17) is 4.74 Å². The SMILES string of the molecule is CCS(=O)(=O)Nc1ccc(C(=O)N2CCN(CC3CCCO3)CC2)cc1C(F)(F)F. The van der Waals surface area contributed by atoms with Crippen LogP contribution in [-0.2, 0) is 20.9 Å². The van der Waals surface area contributed by atoms with Crippen molar-refractivity contribution >= 4 is 21.6 Å². The molecule has 7 nitrogen and oxygen atoms in total. The molecule has 0 aliphatic carbocycles. The van der Waals surface area contributed by atoms with Gasteiger partial charge in [0.15, 0.2) is 0 Å². The molecular weight excluding hydrogens is 423 g/mol. The first-order chi connectivity index (χ1) is 14.1. The van der Waals surface area contributed by atoms with Crippen LogP contribution in [0, 0.1) is 0 Å². The number of rotatable bonds is 6. The topological polar surface area (TPSA) is 79.0 Å². The number of carbonyl (C=O) groups is 1. The van der Waals surface area contributed by atoms with Crippen LogP contribution < -0.4 is 4.72 Å². The molecule has 0 spiro atoms. The quantitative estimate of drug-likeness (QED) is 0.722. The van der Waals surface area contributed by atoms with E-state index in [2.05, 4.69) is 4.90 Å². The lowest BCUT2D eigenvalue weighted by Gasteiger charge is -2.35. The zero-order valence-corrected chi connectivity index (χ0v) is 17.6. The van der Waals surface area contributed by atoms with E-state index in [9.17, 15) is 26.4 Å². The van der Waals surface area contributed by atoms with Gasteiger partial charge in [0.05, 0.1) is 23.1 Å². The highest BCUT2D eigenvalue weighted by atomic mass is 32.2. The minimum absolute atomic E-state index is 0.116. The fourth-order valence-corrected chi connectivity index (χ4v) is 4.29. The number of hydrogen-bond acceptors (Lipinski definition) is 5. The van der Waals surface area contributed by atoms with Crippen LogP contribution in [0.3, 0.4) is 0 Å². The van der Waals surface area contributed by atoms with Crippen molar-refractivity contribution in [1.29, 1.82) is 0 Å². The molecule has 2 aliphatic rings. The molecular formula is C19H26F3N3O4S. The van der Waals surface area contributed by atoms with Gasteiger partial charge in [0, 0.05) is 44.9 Å². The minimum Gasteiger partial charge on any atom is -0.377 e. The molecule has 0 aromatic heterocycles. The Morgan fingerprint density at radius 2 is 1.93 bits per heavy atom. The van der Waals surface area contributed by atoms with Crippen molar-refractivity contribution in [2.24, 2.45) is 0 Å². The van der Waals surface area contributed by atoms with Gasteiger partial charge in [-0.25, -0.2) is 8.42 Å². The predicted molar refractivity (Wildman–Crippen MR) is 106 cm³/mol. The van der Waals surface area contributed by atoms with Crippen LogP contribution >= 0.6 is 0 Å². The minimum atomic E-state index is -4.80. The average Bonchev–Trinajstić information content (AvgIpc) is 3.20. The van der Waals surface area contributed by atoms with Crippen molar-refractivity contribution in [1.82, 2.24) is 9.80 Å². The van der Waals surface area contributed by atoms with Crippen molar-refractivity contribution in [2.75, 3.05) is 49.8 Å². The molecule has 1 atom stereocenters. The Balaban J connectivity index is 1.70. The Labute approximate surface area is 174 Å². The van der Waals surface area contributed by atoms with Gasteiger partial charge in [0.25, 0.3) is 5.91 Å². The second-order valence-corrected chi connectivity index (χ2v) is 9.50. The third-order valence-electron chi connectivity index (χ3n) is 5.36. The molecule has 2 aliphatic heterocycles. The number of benzene rings is 1. The highest BCUT2D eigenvalue weighted by Gasteiger charge is 2.36. The number of amides is 1. The summed E-state index contributed by atoms with van der Waals surface area (Å²) in [6.07, 6.45) is -2.52. The summed E-state index contributed by atoms with van der Waals surface area (Å²) in [6.45, 7) is 4.99. The summed E-state index contributed by atoms with van der Waals surface area (Å²) in [6, 6.07) is 2.94. The summed E-state index contributed by atoms with van der Waals surface area (Å²) >= 11 is 0. The molecule has 0 bridgehead atoms. The van der Waals surface area contributed by atoms with E-state index in [1.807, 2.05) is 4.72 Å². The summed E-state index contributed by atoms with van der Waals surface area (Å²) < 4.78 is 71.4. The van der Waals surface area contributed by atoms with E-state index in [1.165, 1.54) is 17.9 Å². The number of alkyl halides is 3. The van der Waals surface area contributed by atoms with Crippen LogP contribution in [0.4, 0.5) is 18.9 Å². The maximum atomic E-state index is 13.5. The lowest BCUT2D eigenvalue weighted by atomic mass is 10.1. The zero-order chi connectivity index (χ0) is 21.9. The lowest BCUT2D eigenvalue weighted by Crippen LogP contribution is -2.50. The van der Waals surface area contributed by atoms with Crippen molar-refractivity contribution in [3.8, 4) is 0 Å². The standard InChI is InChI=1S/C19H26F3N3O4S/c1-2-30(27,28)23-17-6-5-14(12-16(17)19(20,21)22)18(26)25-9-7-24(8-10-25)13-15-4-3-11-29-15/h5-6,12,15,23H,2-4,7-11,13H2,1H3. The van der Waals surface area contributed by atoms with E-state index in [1.54, 1.807) is 0 Å². The Morgan fingerprint density at radius 3 is 2.50 bits per heavy atom. The first-order valence-corrected chi connectivity index (χ1v) is 11.6. The van der Waals surface area contributed by atoms with Crippen LogP contribution in [0.1, 0.15) is 35.7 Å². The first kappa shape index (κ1) is 22.8.